The quantitative estimate of drug-likeness (QED) is 0.760. The molecule has 1 aliphatic rings. The van der Waals surface area contributed by atoms with Gasteiger partial charge < -0.3 is 14.4 Å². The number of nitrogens with zero attached hydrogens (tertiary/aromatic N) is 2. The van der Waals surface area contributed by atoms with Crippen LogP contribution in [0.25, 0.3) is 10.8 Å². The van der Waals surface area contributed by atoms with Crippen LogP contribution in [0, 0.1) is 0 Å². The molecule has 2 aromatic rings. The van der Waals surface area contributed by atoms with Crippen molar-refractivity contribution in [2.75, 3.05) is 13.1 Å². The van der Waals surface area contributed by atoms with E-state index in [4.69, 9.17) is 21.1 Å². The van der Waals surface area contributed by atoms with E-state index in [1.807, 2.05) is 51.1 Å². The van der Waals surface area contributed by atoms with E-state index in [0.717, 1.165) is 17.2 Å². The van der Waals surface area contributed by atoms with Crippen molar-refractivity contribution in [3.8, 4) is 5.88 Å². The molecule has 0 aliphatic carbocycles. The summed E-state index contributed by atoms with van der Waals surface area (Å²) in [6, 6.07) is 9.62. The van der Waals surface area contributed by atoms with Crippen LogP contribution >= 0.6 is 11.6 Å². The highest BCUT2D eigenvalue weighted by molar-refractivity contribution is 6.30. The molecule has 1 aromatic heterocycles. The average molecular weight is 349 g/mol. The number of carbonyl (C=O) groups is 1. The fraction of sp³-hybridized carbons (Fsp3) is 0.444. The molecule has 5 nitrogen and oxygen atoms in total. The average Bonchev–Trinajstić information content (AvgIpc) is 2.94. The summed E-state index contributed by atoms with van der Waals surface area (Å²) in [4.78, 5) is 18.1. The molecule has 1 aromatic carbocycles. The summed E-state index contributed by atoms with van der Waals surface area (Å²) in [5.74, 6) is 0.508. The summed E-state index contributed by atoms with van der Waals surface area (Å²) in [7, 11) is 0. The topological polar surface area (TPSA) is 51.7 Å². The van der Waals surface area contributed by atoms with Gasteiger partial charge in [-0.3, -0.25) is 0 Å². The monoisotopic (exact) mass is 348 g/mol. The van der Waals surface area contributed by atoms with Gasteiger partial charge in [0.05, 0.1) is 6.54 Å². The Hall–Kier alpha value is -2.01. The van der Waals surface area contributed by atoms with Crippen molar-refractivity contribution >= 4 is 28.5 Å². The number of likely N-dealkylation sites (tertiary alicyclic amines) is 1. The molecule has 0 saturated carbocycles. The van der Waals surface area contributed by atoms with Crippen LogP contribution in [0.5, 0.6) is 5.88 Å². The fourth-order valence-electron chi connectivity index (χ4n) is 2.70. The third kappa shape index (κ3) is 3.90. The SMILES string of the molecule is CC(C)(C)OC(=O)N1CCC(Oc2nc(Cl)cc3ccccc23)C1. The lowest BCUT2D eigenvalue weighted by Crippen LogP contribution is -2.36. The van der Waals surface area contributed by atoms with E-state index < -0.39 is 5.60 Å². The highest BCUT2D eigenvalue weighted by Crippen LogP contribution is 2.28. The Morgan fingerprint density at radius 2 is 2.08 bits per heavy atom. The van der Waals surface area contributed by atoms with Gasteiger partial charge in [-0.2, -0.15) is 0 Å². The molecular formula is C18H21ClN2O3. The number of pyridine rings is 1. The van der Waals surface area contributed by atoms with Crippen molar-refractivity contribution in [3.63, 3.8) is 0 Å². The van der Waals surface area contributed by atoms with E-state index in [1.54, 1.807) is 4.90 Å². The predicted octanol–water partition coefficient (Wildman–Crippen LogP) is 4.28. The number of hydrogen-bond acceptors (Lipinski definition) is 4. The smallest absolute Gasteiger partial charge is 0.410 e. The zero-order chi connectivity index (χ0) is 17.3. The Balaban J connectivity index is 1.71. The molecule has 128 valence electrons. The molecule has 1 saturated heterocycles. The minimum absolute atomic E-state index is 0.119. The third-order valence-electron chi connectivity index (χ3n) is 3.75. The molecule has 1 fully saturated rings. The number of hydrogen-bond donors (Lipinski definition) is 0. The van der Waals surface area contributed by atoms with E-state index in [-0.39, 0.29) is 12.2 Å². The summed E-state index contributed by atoms with van der Waals surface area (Å²) in [5, 5.41) is 2.29. The number of rotatable bonds is 2. The fourth-order valence-corrected chi connectivity index (χ4v) is 2.89. The normalized spacial score (nSPS) is 18.0. The lowest BCUT2D eigenvalue weighted by atomic mass is 10.2. The molecule has 1 amide bonds. The first kappa shape index (κ1) is 16.8. The Kier molecular flexibility index (Phi) is 4.54. The van der Waals surface area contributed by atoms with Gasteiger partial charge in [-0.05, 0) is 38.3 Å². The van der Waals surface area contributed by atoms with Gasteiger partial charge in [-0.15, -0.1) is 0 Å². The number of fused-ring (bicyclic) bond motifs is 1. The first-order valence-electron chi connectivity index (χ1n) is 8.02. The Morgan fingerprint density at radius 1 is 1.33 bits per heavy atom. The Labute approximate surface area is 146 Å². The second-order valence-electron chi connectivity index (χ2n) is 6.93. The van der Waals surface area contributed by atoms with Gasteiger partial charge in [0, 0.05) is 18.4 Å². The molecule has 1 aliphatic heterocycles. The Morgan fingerprint density at radius 3 is 2.83 bits per heavy atom. The maximum Gasteiger partial charge on any atom is 0.410 e. The molecule has 1 unspecified atom stereocenters. The molecule has 0 N–H and O–H groups in total. The molecule has 3 rings (SSSR count). The van der Waals surface area contributed by atoms with E-state index >= 15 is 0 Å². The minimum Gasteiger partial charge on any atom is -0.472 e. The standard InChI is InChI=1S/C18H21ClN2O3/c1-18(2,3)24-17(22)21-9-8-13(11-21)23-16-14-7-5-4-6-12(14)10-15(19)20-16/h4-7,10,13H,8-9,11H2,1-3H3. The number of amides is 1. The molecule has 0 spiro atoms. The maximum absolute atomic E-state index is 12.1. The van der Waals surface area contributed by atoms with E-state index in [9.17, 15) is 4.79 Å². The van der Waals surface area contributed by atoms with Crippen molar-refractivity contribution < 1.29 is 14.3 Å². The zero-order valence-electron chi connectivity index (χ0n) is 14.1. The van der Waals surface area contributed by atoms with Crippen molar-refractivity contribution in [3.05, 3.63) is 35.5 Å². The molecule has 24 heavy (non-hydrogen) atoms. The maximum atomic E-state index is 12.1. The number of ether oxygens (including phenoxy) is 2. The van der Waals surface area contributed by atoms with Crippen molar-refractivity contribution in [2.24, 2.45) is 0 Å². The van der Waals surface area contributed by atoms with Gasteiger partial charge in [0.1, 0.15) is 16.9 Å². The highest BCUT2D eigenvalue weighted by atomic mass is 35.5. The van der Waals surface area contributed by atoms with Gasteiger partial charge >= 0.3 is 6.09 Å². The van der Waals surface area contributed by atoms with Crippen LogP contribution < -0.4 is 4.74 Å². The van der Waals surface area contributed by atoms with Crippen LogP contribution in [0.15, 0.2) is 30.3 Å². The van der Waals surface area contributed by atoms with Crippen molar-refractivity contribution in [1.29, 1.82) is 0 Å². The summed E-state index contributed by atoms with van der Waals surface area (Å²) >= 11 is 6.09. The van der Waals surface area contributed by atoms with E-state index in [1.165, 1.54) is 0 Å². The molecule has 0 radical (unpaired) electrons. The second kappa shape index (κ2) is 6.48. The highest BCUT2D eigenvalue weighted by Gasteiger charge is 2.31. The first-order chi connectivity index (χ1) is 11.3. The molecule has 1 atom stereocenters. The number of benzene rings is 1. The van der Waals surface area contributed by atoms with Crippen LogP contribution in [0.1, 0.15) is 27.2 Å². The molecule has 0 bridgehead atoms. The summed E-state index contributed by atoms with van der Waals surface area (Å²) in [6.45, 7) is 6.67. The van der Waals surface area contributed by atoms with Gasteiger partial charge in [0.25, 0.3) is 0 Å². The Bertz CT molecular complexity index is 758. The van der Waals surface area contributed by atoms with E-state index in [2.05, 4.69) is 4.98 Å². The van der Waals surface area contributed by atoms with Gasteiger partial charge in [-0.25, -0.2) is 9.78 Å². The van der Waals surface area contributed by atoms with Crippen LogP contribution in [0.2, 0.25) is 5.15 Å². The van der Waals surface area contributed by atoms with Crippen LogP contribution in [0.3, 0.4) is 0 Å². The second-order valence-corrected chi connectivity index (χ2v) is 7.31. The van der Waals surface area contributed by atoms with Crippen molar-refractivity contribution in [1.82, 2.24) is 9.88 Å². The largest absolute Gasteiger partial charge is 0.472 e. The summed E-state index contributed by atoms with van der Waals surface area (Å²) in [5.41, 5.74) is -0.499. The molecule has 2 heterocycles. The molecule has 6 heteroatoms. The number of carbonyl (C=O) groups excluding carboxylic acids is 1. The van der Waals surface area contributed by atoms with Gasteiger partial charge in [0.2, 0.25) is 5.88 Å². The lowest BCUT2D eigenvalue weighted by molar-refractivity contribution is 0.0275. The van der Waals surface area contributed by atoms with Gasteiger partial charge in [-0.1, -0.05) is 29.8 Å². The summed E-state index contributed by atoms with van der Waals surface area (Å²) < 4.78 is 11.4. The van der Waals surface area contributed by atoms with Crippen molar-refractivity contribution in [2.45, 2.75) is 38.9 Å². The summed E-state index contributed by atoms with van der Waals surface area (Å²) in [6.07, 6.45) is 0.311. The minimum atomic E-state index is -0.499. The van der Waals surface area contributed by atoms with Crippen LogP contribution in [-0.2, 0) is 4.74 Å². The van der Waals surface area contributed by atoms with Gasteiger partial charge in [0.15, 0.2) is 0 Å². The van der Waals surface area contributed by atoms with E-state index in [0.29, 0.717) is 24.1 Å². The first-order valence-corrected chi connectivity index (χ1v) is 8.39. The molecular weight excluding hydrogens is 328 g/mol. The number of halogens is 1. The van der Waals surface area contributed by atoms with Crippen LogP contribution in [-0.4, -0.2) is 40.8 Å². The third-order valence-corrected chi connectivity index (χ3v) is 3.94. The number of aromatic nitrogens is 1. The zero-order valence-corrected chi connectivity index (χ0v) is 14.8. The predicted molar refractivity (Wildman–Crippen MR) is 93.6 cm³/mol. The lowest BCUT2D eigenvalue weighted by Gasteiger charge is -2.24. The van der Waals surface area contributed by atoms with Crippen LogP contribution in [0.4, 0.5) is 4.79 Å².